The van der Waals surface area contributed by atoms with Crippen LogP contribution in [0.4, 0.5) is 11.4 Å². The second-order valence-corrected chi connectivity index (χ2v) is 8.34. The number of amidine groups is 1. The van der Waals surface area contributed by atoms with Crippen molar-refractivity contribution < 1.29 is 18.0 Å². The number of nitrogens with zero attached hydrogens (tertiary/aromatic N) is 2. The molecule has 2 atom stereocenters. The van der Waals surface area contributed by atoms with E-state index in [0.717, 1.165) is 5.01 Å². The fourth-order valence-electron chi connectivity index (χ4n) is 2.52. The van der Waals surface area contributed by atoms with E-state index in [0.29, 0.717) is 5.69 Å². The molecule has 0 aliphatic carbocycles. The highest BCUT2D eigenvalue weighted by molar-refractivity contribution is 7.90. The maximum Gasteiger partial charge on any atom is 0.286 e. The Hall–Kier alpha value is -1.88. The van der Waals surface area contributed by atoms with Crippen molar-refractivity contribution in [3.8, 4) is 0 Å². The molecule has 0 saturated carbocycles. The molecule has 1 aromatic carbocycles. The number of hydrazine groups is 1. The molecular formula is C14H15Cl2N5O4S. The summed E-state index contributed by atoms with van der Waals surface area (Å²) in [5, 5.41) is 4.98. The molecule has 0 radical (unpaired) electrons. The minimum Gasteiger partial charge on any atom is -0.342 e. The Morgan fingerprint density at radius 2 is 2.15 bits per heavy atom. The average molecular weight is 420 g/mol. The molecule has 2 aliphatic heterocycles. The monoisotopic (exact) mass is 419 g/mol. The molecule has 3 N–H and O–H groups in total. The summed E-state index contributed by atoms with van der Waals surface area (Å²) in [5.41, 5.74) is 3.35. The van der Waals surface area contributed by atoms with Gasteiger partial charge in [-0.3, -0.25) is 14.6 Å². The fourth-order valence-corrected chi connectivity index (χ4v) is 4.09. The van der Waals surface area contributed by atoms with Gasteiger partial charge >= 0.3 is 0 Å². The largest absolute Gasteiger partial charge is 0.342 e. The summed E-state index contributed by atoms with van der Waals surface area (Å²) in [6, 6.07) is 4.37. The number of alkyl halides is 2. The molecule has 12 heteroatoms. The molecule has 0 aromatic heterocycles. The Labute approximate surface area is 159 Å². The summed E-state index contributed by atoms with van der Waals surface area (Å²) in [5.74, 6) is -0.768. The van der Waals surface area contributed by atoms with E-state index in [4.69, 9.17) is 23.2 Å². The zero-order chi connectivity index (χ0) is 19.1. The molecule has 2 unspecified atom stereocenters. The smallest absolute Gasteiger partial charge is 0.286 e. The van der Waals surface area contributed by atoms with Crippen LogP contribution in [0.15, 0.2) is 27.5 Å². The second kappa shape index (κ2) is 7.03. The fraction of sp³-hybridized carbons (Fsp3) is 0.357. The van der Waals surface area contributed by atoms with Crippen LogP contribution in [0.3, 0.4) is 0 Å². The van der Waals surface area contributed by atoms with Gasteiger partial charge in [-0.25, -0.2) is 5.43 Å². The van der Waals surface area contributed by atoms with E-state index >= 15 is 0 Å². The lowest BCUT2D eigenvalue weighted by Gasteiger charge is -2.32. The van der Waals surface area contributed by atoms with Gasteiger partial charge in [-0.2, -0.15) is 8.42 Å². The van der Waals surface area contributed by atoms with Crippen molar-refractivity contribution in [2.75, 3.05) is 23.7 Å². The van der Waals surface area contributed by atoms with E-state index in [2.05, 4.69) is 20.5 Å². The van der Waals surface area contributed by atoms with Gasteiger partial charge in [0.05, 0.1) is 11.1 Å². The van der Waals surface area contributed by atoms with Crippen LogP contribution < -0.4 is 16.1 Å². The Morgan fingerprint density at radius 1 is 1.42 bits per heavy atom. The normalized spacial score (nSPS) is 24.3. The number of hydrogen-bond acceptors (Lipinski definition) is 6. The third-order valence-corrected chi connectivity index (χ3v) is 6.15. The summed E-state index contributed by atoms with van der Waals surface area (Å²) in [7, 11) is -3.83. The number of nitrogens with one attached hydrogen (secondary N) is 3. The summed E-state index contributed by atoms with van der Waals surface area (Å²) in [6.45, 7) is 1.48. The molecule has 0 spiro atoms. The number of anilines is 2. The maximum absolute atomic E-state index is 12.2. The van der Waals surface area contributed by atoms with Crippen molar-refractivity contribution in [1.82, 2.24) is 10.4 Å². The Morgan fingerprint density at radius 3 is 2.88 bits per heavy atom. The first kappa shape index (κ1) is 18.9. The zero-order valence-electron chi connectivity index (χ0n) is 13.5. The first-order valence-corrected chi connectivity index (χ1v) is 9.84. The van der Waals surface area contributed by atoms with E-state index in [1.165, 1.54) is 19.1 Å². The quantitative estimate of drug-likeness (QED) is 0.620. The lowest BCUT2D eigenvalue weighted by atomic mass is 10.2. The molecule has 1 saturated heterocycles. The molecule has 3 rings (SSSR count). The number of halogens is 2. The molecule has 2 aliphatic rings. The van der Waals surface area contributed by atoms with Crippen molar-refractivity contribution in [2.24, 2.45) is 4.40 Å². The second-order valence-electron chi connectivity index (χ2n) is 5.74. The predicted molar refractivity (Wildman–Crippen MR) is 98.0 cm³/mol. The van der Waals surface area contributed by atoms with Gasteiger partial charge in [-0.15, -0.1) is 27.6 Å². The number of amides is 2. The van der Waals surface area contributed by atoms with Gasteiger partial charge in [0.25, 0.3) is 15.9 Å². The van der Waals surface area contributed by atoms with Gasteiger partial charge in [0, 0.05) is 12.2 Å². The van der Waals surface area contributed by atoms with Crippen LogP contribution in [-0.4, -0.2) is 54.9 Å². The van der Waals surface area contributed by atoms with Crippen molar-refractivity contribution in [3.63, 3.8) is 0 Å². The Balaban J connectivity index is 1.71. The minimum absolute atomic E-state index is 0.0427. The number of hydrogen-bond donors (Lipinski definition) is 3. The van der Waals surface area contributed by atoms with Crippen LogP contribution in [0, 0.1) is 0 Å². The average Bonchev–Trinajstić information content (AvgIpc) is 2.55. The number of carbonyl (C=O) groups excluding carboxylic acids is 2. The molecule has 2 amide bonds. The van der Waals surface area contributed by atoms with Gasteiger partial charge in [-0.1, -0.05) is 0 Å². The number of sulfonamides is 1. The van der Waals surface area contributed by atoms with E-state index in [9.17, 15) is 18.0 Å². The Kier molecular flexibility index (Phi) is 5.11. The van der Waals surface area contributed by atoms with Gasteiger partial charge in [0.1, 0.15) is 22.7 Å². The third kappa shape index (κ3) is 3.78. The highest BCUT2D eigenvalue weighted by Crippen LogP contribution is 2.29. The maximum atomic E-state index is 12.2. The van der Waals surface area contributed by atoms with Crippen molar-refractivity contribution >= 4 is 62.2 Å². The predicted octanol–water partition coefficient (Wildman–Crippen LogP) is 0.719. The highest BCUT2D eigenvalue weighted by Gasteiger charge is 2.35. The van der Waals surface area contributed by atoms with Crippen LogP contribution in [0.25, 0.3) is 0 Å². The van der Waals surface area contributed by atoms with Crippen molar-refractivity contribution in [1.29, 1.82) is 0 Å². The molecule has 2 heterocycles. The van der Waals surface area contributed by atoms with E-state index in [1.807, 2.05) is 0 Å². The molecular weight excluding hydrogens is 405 g/mol. The first-order valence-electron chi connectivity index (χ1n) is 7.53. The molecule has 1 fully saturated rings. The number of benzene rings is 1. The number of carbonyl (C=O) groups is 2. The van der Waals surface area contributed by atoms with Gasteiger partial charge in [0.15, 0.2) is 0 Å². The van der Waals surface area contributed by atoms with Crippen LogP contribution in [0.5, 0.6) is 0 Å². The summed E-state index contributed by atoms with van der Waals surface area (Å²) >= 11 is 11.8. The van der Waals surface area contributed by atoms with Crippen LogP contribution >= 0.6 is 23.2 Å². The van der Waals surface area contributed by atoms with Crippen molar-refractivity contribution in [3.05, 3.63) is 18.2 Å². The van der Waals surface area contributed by atoms with Gasteiger partial charge < -0.3 is 10.6 Å². The number of rotatable bonds is 3. The lowest BCUT2D eigenvalue weighted by Crippen LogP contribution is -2.58. The third-order valence-electron chi connectivity index (χ3n) is 3.71. The first-order chi connectivity index (χ1) is 12.2. The van der Waals surface area contributed by atoms with E-state index in [1.54, 1.807) is 6.07 Å². The van der Waals surface area contributed by atoms with Crippen LogP contribution in [0.2, 0.25) is 0 Å². The van der Waals surface area contributed by atoms with Gasteiger partial charge in [0.2, 0.25) is 5.91 Å². The molecule has 0 bridgehead atoms. The standard InChI is InChI=1S/C14H15Cl2N5O4S/c1-7-18-10-3-2-8(4-11(10)26(24,25)20-7)19-12(22)6-21-14(23)13(16)9(15)5-17-21/h2-4,9,13,17H,5-6H2,1H3,(H,18,20)(H,19,22). The summed E-state index contributed by atoms with van der Waals surface area (Å²) in [6.07, 6.45) is 0. The lowest BCUT2D eigenvalue weighted by molar-refractivity contribution is -0.139. The molecule has 26 heavy (non-hydrogen) atoms. The van der Waals surface area contributed by atoms with Gasteiger partial charge in [-0.05, 0) is 25.1 Å². The molecule has 140 valence electrons. The topological polar surface area (TPSA) is 120 Å². The van der Waals surface area contributed by atoms with Crippen LogP contribution in [0.1, 0.15) is 6.92 Å². The zero-order valence-corrected chi connectivity index (χ0v) is 15.8. The van der Waals surface area contributed by atoms with E-state index in [-0.39, 0.29) is 29.5 Å². The number of fused-ring (bicyclic) bond motifs is 1. The molecule has 9 nitrogen and oxygen atoms in total. The molecule has 1 aromatic rings. The minimum atomic E-state index is -3.83. The van der Waals surface area contributed by atoms with Crippen molar-refractivity contribution in [2.45, 2.75) is 22.6 Å². The SMILES string of the molecule is CC1=NS(=O)(=O)c2cc(NC(=O)CN3NCC(Cl)C(Cl)C3=O)ccc2N1. The summed E-state index contributed by atoms with van der Waals surface area (Å²) < 4.78 is 27.8. The van der Waals surface area contributed by atoms with E-state index < -0.39 is 32.6 Å². The highest BCUT2D eigenvalue weighted by atomic mass is 35.5. The van der Waals surface area contributed by atoms with Crippen LogP contribution in [-0.2, 0) is 19.6 Å². The Bertz CT molecular complexity index is 905. The summed E-state index contributed by atoms with van der Waals surface area (Å²) in [4.78, 5) is 24.1.